The number of aryl methyl sites for hydroxylation is 1. The monoisotopic (exact) mass is 339 g/mol. The number of anilines is 1. The molecule has 0 spiro atoms. The van der Waals surface area contributed by atoms with Crippen LogP contribution < -0.4 is 10.2 Å². The fourth-order valence-electron chi connectivity index (χ4n) is 3.14. The van der Waals surface area contributed by atoms with Crippen molar-refractivity contribution in [3.05, 3.63) is 47.1 Å². The summed E-state index contributed by atoms with van der Waals surface area (Å²) in [7, 11) is 0. The van der Waals surface area contributed by atoms with Crippen LogP contribution in [0.5, 0.6) is 0 Å². The summed E-state index contributed by atoms with van der Waals surface area (Å²) >= 11 is 1.78. The quantitative estimate of drug-likeness (QED) is 0.791. The molecular weight excluding hydrogens is 318 g/mol. The van der Waals surface area contributed by atoms with Gasteiger partial charge in [0.05, 0.1) is 15.9 Å². The Balaban J connectivity index is 1.38. The highest BCUT2D eigenvalue weighted by molar-refractivity contribution is 7.18. The van der Waals surface area contributed by atoms with Crippen LogP contribution in [0.25, 0.3) is 10.2 Å². The number of fused-ring (bicyclic) bond motifs is 1. The van der Waals surface area contributed by atoms with Crippen molar-refractivity contribution in [2.24, 2.45) is 0 Å². The third kappa shape index (κ3) is 3.39. The van der Waals surface area contributed by atoms with E-state index in [1.807, 2.05) is 19.1 Å². The molecule has 1 N–H and O–H groups in total. The Bertz CT molecular complexity index is 781. The van der Waals surface area contributed by atoms with Crippen molar-refractivity contribution in [1.82, 2.24) is 20.5 Å². The van der Waals surface area contributed by atoms with Gasteiger partial charge in [-0.25, -0.2) is 4.98 Å². The lowest BCUT2D eigenvalue weighted by atomic mass is 10.1. The molecule has 1 fully saturated rings. The third-order valence-electron chi connectivity index (χ3n) is 4.41. The molecular formula is C18H21N5S. The van der Waals surface area contributed by atoms with E-state index in [0.29, 0.717) is 6.04 Å². The predicted octanol–water partition coefficient (Wildman–Crippen LogP) is 3.15. The van der Waals surface area contributed by atoms with Crippen LogP contribution in [0.15, 0.2) is 36.4 Å². The van der Waals surface area contributed by atoms with Crippen LogP contribution in [-0.2, 0) is 6.54 Å². The number of aromatic nitrogens is 3. The van der Waals surface area contributed by atoms with Crippen molar-refractivity contribution >= 4 is 27.4 Å². The number of nitrogens with one attached hydrogen (secondary N) is 1. The molecule has 3 heterocycles. The van der Waals surface area contributed by atoms with Gasteiger partial charge in [-0.05, 0) is 44.0 Å². The Labute approximate surface area is 145 Å². The molecule has 4 rings (SSSR count). The second-order valence-electron chi connectivity index (χ2n) is 6.27. The molecule has 0 amide bonds. The van der Waals surface area contributed by atoms with E-state index in [1.54, 1.807) is 11.3 Å². The van der Waals surface area contributed by atoms with Gasteiger partial charge < -0.3 is 10.2 Å². The van der Waals surface area contributed by atoms with Crippen LogP contribution in [0.2, 0.25) is 0 Å². The largest absolute Gasteiger partial charge is 0.354 e. The summed E-state index contributed by atoms with van der Waals surface area (Å²) in [6.07, 6.45) is 2.37. The molecule has 2 aromatic heterocycles. The van der Waals surface area contributed by atoms with E-state index in [9.17, 15) is 0 Å². The third-order valence-corrected chi connectivity index (χ3v) is 5.45. The lowest BCUT2D eigenvalue weighted by Gasteiger charge is -2.33. The number of benzene rings is 1. The first kappa shape index (κ1) is 15.5. The lowest BCUT2D eigenvalue weighted by Crippen LogP contribution is -2.45. The molecule has 3 aromatic rings. The molecule has 1 aliphatic heterocycles. The molecule has 0 bridgehead atoms. The molecule has 6 heteroatoms. The predicted molar refractivity (Wildman–Crippen MR) is 98.5 cm³/mol. The maximum absolute atomic E-state index is 4.70. The summed E-state index contributed by atoms with van der Waals surface area (Å²) in [6, 6.07) is 12.9. The van der Waals surface area contributed by atoms with Crippen molar-refractivity contribution in [2.45, 2.75) is 32.4 Å². The Morgan fingerprint density at radius 3 is 2.96 bits per heavy atom. The molecule has 5 nitrogen and oxygen atoms in total. The Hall–Kier alpha value is -2.05. The maximum atomic E-state index is 4.70. The number of rotatable bonds is 4. The van der Waals surface area contributed by atoms with Gasteiger partial charge in [0.15, 0.2) is 5.82 Å². The average Bonchev–Trinajstić information content (AvgIpc) is 3.04. The number of hydrogen-bond acceptors (Lipinski definition) is 6. The first-order valence-corrected chi connectivity index (χ1v) is 9.23. The van der Waals surface area contributed by atoms with E-state index in [-0.39, 0.29) is 0 Å². The Morgan fingerprint density at radius 2 is 2.12 bits per heavy atom. The van der Waals surface area contributed by atoms with E-state index < -0.39 is 0 Å². The lowest BCUT2D eigenvalue weighted by molar-refractivity contribution is 0.419. The van der Waals surface area contributed by atoms with Crippen LogP contribution in [0, 0.1) is 6.92 Å². The van der Waals surface area contributed by atoms with Crippen LogP contribution in [0.4, 0.5) is 5.82 Å². The maximum Gasteiger partial charge on any atom is 0.151 e. The second kappa shape index (κ2) is 6.83. The van der Waals surface area contributed by atoms with Crippen LogP contribution in [0.1, 0.15) is 23.5 Å². The van der Waals surface area contributed by atoms with Gasteiger partial charge in [-0.3, -0.25) is 0 Å². The van der Waals surface area contributed by atoms with Crippen molar-refractivity contribution in [3.63, 3.8) is 0 Å². The first-order valence-electron chi connectivity index (χ1n) is 8.41. The molecule has 0 saturated carbocycles. The van der Waals surface area contributed by atoms with E-state index in [1.165, 1.54) is 17.5 Å². The number of nitrogens with zero attached hydrogens (tertiary/aromatic N) is 4. The summed E-state index contributed by atoms with van der Waals surface area (Å²) in [6.45, 7) is 4.83. The normalized spacial score (nSPS) is 18.2. The summed E-state index contributed by atoms with van der Waals surface area (Å²) in [5.74, 6) is 0.979. The zero-order valence-electron chi connectivity index (χ0n) is 13.8. The van der Waals surface area contributed by atoms with E-state index >= 15 is 0 Å². The molecule has 1 unspecified atom stereocenters. The molecule has 1 aromatic carbocycles. The van der Waals surface area contributed by atoms with Gasteiger partial charge in [0.1, 0.15) is 5.01 Å². The van der Waals surface area contributed by atoms with Gasteiger partial charge in [-0.2, -0.15) is 5.10 Å². The highest BCUT2D eigenvalue weighted by atomic mass is 32.1. The standard InChI is InChI=1S/C18H21N5S/c1-13-8-9-17(22-21-13)23-10-4-5-14(12-23)19-11-18-20-15-6-2-3-7-16(15)24-18/h2-3,6-9,14,19H,4-5,10-12H2,1H3. The zero-order chi connectivity index (χ0) is 16.4. The Morgan fingerprint density at radius 1 is 1.21 bits per heavy atom. The fraction of sp³-hybridized carbons (Fsp3) is 0.389. The van der Waals surface area contributed by atoms with Crippen molar-refractivity contribution in [1.29, 1.82) is 0 Å². The smallest absolute Gasteiger partial charge is 0.151 e. The van der Waals surface area contributed by atoms with Gasteiger partial charge in [-0.15, -0.1) is 16.4 Å². The van der Waals surface area contributed by atoms with Crippen LogP contribution in [-0.4, -0.2) is 34.3 Å². The summed E-state index contributed by atoms with van der Waals surface area (Å²) < 4.78 is 1.26. The van der Waals surface area contributed by atoms with Crippen LogP contribution in [0.3, 0.4) is 0 Å². The first-order chi connectivity index (χ1) is 11.8. The van der Waals surface area contributed by atoms with Gasteiger partial charge in [0.2, 0.25) is 0 Å². The fourth-order valence-corrected chi connectivity index (χ4v) is 4.06. The summed E-state index contributed by atoms with van der Waals surface area (Å²) in [5.41, 5.74) is 2.06. The topological polar surface area (TPSA) is 53.9 Å². The number of piperidine rings is 1. The van der Waals surface area contributed by atoms with E-state index in [2.05, 4.69) is 44.7 Å². The van der Waals surface area contributed by atoms with Crippen molar-refractivity contribution in [3.8, 4) is 0 Å². The zero-order valence-corrected chi connectivity index (χ0v) is 14.6. The molecule has 0 radical (unpaired) electrons. The summed E-state index contributed by atoms with van der Waals surface area (Å²) in [4.78, 5) is 7.03. The minimum absolute atomic E-state index is 0.467. The molecule has 24 heavy (non-hydrogen) atoms. The van der Waals surface area contributed by atoms with E-state index in [4.69, 9.17) is 4.98 Å². The molecule has 1 aliphatic rings. The van der Waals surface area contributed by atoms with Gasteiger partial charge in [0, 0.05) is 25.7 Å². The molecule has 124 valence electrons. The summed E-state index contributed by atoms with van der Waals surface area (Å²) in [5, 5.41) is 13.3. The van der Waals surface area contributed by atoms with Crippen molar-refractivity contribution in [2.75, 3.05) is 18.0 Å². The minimum Gasteiger partial charge on any atom is -0.354 e. The highest BCUT2D eigenvalue weighted by Gasteiger charge is 2.21. The minimum atomic E-state index is 0.467. The van der Waals surface area contributed by atoms with Gasteiger partial charge in [-0.1, -0.05) is 12.1 Å². The second-order valence-corrected chi connectivity index (χ2v) is 7.39. The number of hydrogen-bond donors (Lipinski definition) is 1. The Kier molecular flexibility index (Phi) is 4.40. The molecule has 0 aliphatic carbocycles. The van der Waals surface area contributed by atoms with Crippen LogP contribution >= 0.6 is 11.3 Å². The van der Waals surface area contributed by atoms with E-state index in [0.717, 1.165) is 41.7 Å². The number of thiazole rings is 1. The van der Waals surface area contributed by atoms with Gasteiger partial charge in [0.25, 0.3) is 0 Å². The number of para-hydroxylation sites is 1. The molecule has 1 atom stereocenters. The van der Waals surface area contributed by atoms with Crippen molar-refractivity contribution < 1.29 is 0 Å². The molecule has 1 saturated heterocycles. The average molecular weight is 339 g/mol. The SMILES string of the molecule is Cc1ccc(N2CCCC(NCc3nc4ccccc4s3)C2)nn1. The highest BCUT2D eigenvalue weighted by Crippen LogP contribution is 2.22. The van der Waals surface area contributed by atoms with Gasteiger partial charge >= 0.3 is 0 Å².